The largest absolute Gasteiger partial charge is 0.367 e. The molecule has 2 heterocycles. The second-order valence-electron chi connectivity index (χ2n) is 4.15. The van der Waals surface area contributed by atoms with E-state index >= 15 is 0 Å². The molecule has 0 saturated carbocycles. The molecule has 0 amide bonds. The molecule has 17 heavy (non-hydrogen) atoms. The molecule has 0 spiro atoms. The lowest BCUT2D eigenvalue weighted by molar-refractivity contribution is 0.696. The molecule has 0 N–H and O–H groups in total. The number of anilines is 1. The molecule has 0 aliphatic carbocycles. The van der Waals surface area contributed by atoms with Gasteiger partial charge in [-0.1, -0.05) is 29.8 Å². The first kappa shape index (κ1) is 10.5. The molecule has 0 fully saturated rings. The van der Waals surface area contributed by atoms with Crippen molar-refractivity contribution in [2.45, 2.75) is 13.0 Å². The van der Waals surface area contributed by atoms with Crippen LogP contribution in [0.4, 0.5) is 5.69 Å². The lowest BCUT2D eigenvalue weighted by Gasteiger charge is -2.29. The summed E-state index contributed by atoms with van der Waals surface area (Å²) in [5.41, 5.74) is 3.49. The third-order valence-corrected chi connectivity index (χ3v) is 3.22. The summed E-state index contributed by atoms with van der Waals surface area (Å²) in [5.74, 6) is 0. The Hall–Kier alpha value is -1.61. The Morgan fingerprint density at radius 1 is 1.12 bits per heavy atom. The van der Waals surface area contributed by atoms with Crippen molar-refractivity contribution < 1.29 is 0 Å². The van der Waals surface area contributed by atoms with Crippen LogP contribution in [0.3, 0.4) is 0 Å². The number of halogens is 1. The number of aromatic nitrogens is 2. The predicted octanol–water partition coefficient (Wildman–Crippen LogP) is 2.69. The number of benzene rings is 1. The fourth-order valence-electron chi connectivity index (χ4n) is 2.16. The summed E-state index contributed by atoms with van der Waals surface area (Å²) in [7, 11) is 0. The van der Waals surface area contributed by atoms with Crippen LogP contribution in [-0.2, 0) is 13.0 Å². The van der Waals surface area contributed by atoms with Crippen LogP contribution in [0.2, 0.25) is 5.15 Å². The standard InChI is InChI=1S/C13H12ClN3/c14-13-8-10-9-17(7-6-12(10)15-16-13)11-4-2-1-3-5-11/h1-5,8H,6-7,9H2. The first-order valence-corrected chi connectivity index (χ1v) is 6.02. The molecule has 86 valence electrons. The molecular weight excluding hydrogens is 234 g/mol. The molecule has 1 aliphatic rings. The van der Waals surface area contributed by atoms with Crippen molar-refractivity contribution in [3.05, 3.63) is 52.8 Å². The van der Waals surface area contributed by atoms with Gasteiger partial charge in [0.25, 0.3) is 0 Å². The maximum absolute atomic E-state index is 5.88. The summed E-state index contributed by atoms with van der Waals surface area (Å²) < 4.78 is 0. The van der Waals surface area contributed by atoms with Crippen LogP contribution in [0.25, 0.3) is 0 Å². The number of para-hydroxylation sites is 1. The minimum Gasteiger partial charge on any atom is -0.367 e. The summed E-state index contributed by atoms with van der Waals surface area (Å²) in [4.78, 5) is 2.33. The smallest absolute Gasteiger partial charge is 0.152 e. The lowest BCUT2D eigenvalue weighted by atomic mass is 10.1. The van der Waals surface area contributed by atoms with E-state index in [2.05, 4.69) is 39.4 Å². The van der Waals surface area contributed by atoms with Crippen LogP contribution in [0.1, 0.15) is 11.3 Å². The molecule has 0 unspecified atom stereocenters. The van der Waals surface area contributed by atoms with E-state index in [9.17, 15) is 0 Å². The van der Waals surface area contributed by atoms with Crippen molar-refractivity contribution >= 4 is 17.3 Å². The average molecular weight is 246 g/mol. The van der Waals surface area contributed by atoms with Gasteiger partial charge in [-0.05, 0) is 23.8 Å². The summed E-state index contributed by atoms with van der Waals surface area (Å²) in [6.07, 6.45) is 0.925. The molecule has 3 nitrogen and oxygen atoms in total. The summed E-state index contributed by atoms with van der Waals surface area (Å²) in [6, 6.07) is 12.3. The second-order valence-corrected chi connectivity index (χ2v) is 4.53. The van der Waals surface area contributed by atoms with Gasteiger partial charge < -0.3 is 4.90 Å². The minimum absolute atomic E-state index is 0.471. The molecular formula is C13H12ClN3. The van der Waals surface area contributed by atoms with Gasteiger partial charge >= 0.3 is 0 Å². The van der Waals surface area contributed by atoms with Crippen molar-refractivity contribution in [2.24, 2.45) is 0 Å². The number of hydrogen-bond acceptors (Lipinski definition) is 3. The zero-order valence-corrected chi connectivity index (χ0v) is 10.1. The Bertz CT molecular complexity index is 527. The van der Waals surface area contributed by atoms with Crippen LogP contribution < -0.4 is 4.90 Å². The topological polar surface area (TPSA) is 29.0 Å². The van der Waals surface area contributed by atoms with E-state index in [1.54, 1.807) is 0 Å². The molecule has 0 saturated heterocycles. The first-order valence-electron chi connectivity index (χ1n) is 5.64. The first-order chi connectivity index (χ1) is 8.33. The summed E-state index contributed by atoms with van der Waals surface area (Å²) >= 11 is 5.88. The van der Waals surface area contributed by atoms with E-state index in [0.29, 0.717) is 5.15 Å². The molecule has 2 aromatic rings. The number of nitrogens with zero attached hydrogens (tertiary/aromatic N) is 3. The Morgan fingerprint density at radius 3 is 2.76 bits per heavy atom. The van der Waals surface area contributed by atoms with Gasteiger partial charge in [-0.15, -0.1) is 5.10 Å². The monoisotopic (exact) mass is 245 g/mol. The third-order valence-electron chi connectivity index (χ3n) is 3.03. The Morgan fingerprint density at radius 2 is 1.94 bits per heavy atom. The quantitative estimate of drug-likeness (QED) is 0.774. The van der Waals surface area contributed by atoms with E-state index in [1.807, 2.05) is 12.1 Å². The van der Waals surface area contributed by atoms with Gasteiger partial charge in [-0.2, -0.15) is 5.10 Å². The maximum Gasteiger partial charge on any atom is 0.152 e. The van der Waals surface area contributed by atoms with Gasteiger partial charge in [0.2, 0.25) is 0 Å². The Balaban J connectivity index is 1.90. The number of fused-ring (bicyclic) bond motifs is 1. The van der Waals surface area contributed by atoms with E-state index in [1.165, 1.54) is 11.3 Å². The van der Waals surface area contributed by atoms with Crippen LogP contribution in [0.5, 0.6) is 0 Å². The highest BCUT2D eigenvalue weighted by Crippen LogP contribution is 2.23. The highest BCUT2D eigenvalue weighted by atomic mass is 35.5. The molecule has 1 aliphatic heterocycles. The van der Waals surface area contributed by atoms with Crippen LogP contribution >= 0.6 is 11.6 Å². The lowest BCUT2D eigenvalue weighted by Crippen LogP contribution is -2.31. The van der Waals surface area contributed by atoms with Crippen molar-refractivity contribution in [3.8, 4) is 0 Å². The van der Waals surface area contributed by atoms with Gasteiger partial charge in [-0.3, -0.25) is 0 Å². The van der Waals surface area contributed by atoms with Gasteiger partial charge in [-0.25, -0.2) is 0 Å². The highest BCUT2D eigenvalue weighted by molar-refractivity contribution is 6.29. The van der Waals surface area contributed by atoms with Gasteiger partial charge in [0.15, 0.2) is 5.15 Å². The molecule has 4 heteroatoms. The average Bonchev–Trinajstić information content (AvgIpc) is 2.39. The Labute approximate surface area is 105 Å². The molecule has 1 aromatic carbocycles. The predicted molar refractivity (Wildman–Crippen MR) is 68.2 cm³/mol. The van der Waals surface area contributed by atoms with E-state index in [4.69, 9.17) is 11.6 Å². The molecule has 1 aromatic heterocycles. The maximum atomic E-state index is 5.88. The zero-order valence-electron chi connectivity index (χ0n) is 9.31. The van der Waals surface area contributed by atoms with Crippen molar-refractivity contribution in [1.82, 2.24) is 10.2 Å². The minimum atomic E-state index is 0.471. The highest BCUT2D eigenvalue weighted by Gasteiger charge is 2.18. The zero-order chi connectivity index (χ0) is 11.7. The van der Waals surface area contributed by atoms with Crippen LogP contribution in [0, 0.1) is 0 Å². The van der Waals surface area contributed by atoms with E-state index in [-0.39, 0.29) is 0 Å². The molecule has 3 rings (SSSR count). The Kier molecular flexibility index (Phi) is 2.69. The second kappa shape index (κ2) is 4.34. The van der Waals surface area contributed by atoms with Gasteiger partial charge in [0, 0.05) is 25.2 Å². The normalized spacial score (nSPS) is 14.5. The van der Waals surface area contributed by atoms with Crippen molar-refractivity contribution in [1.29, 1.82) is 0 Å². The fourth-order valence-corrected chi connectivity index (χ4v) is 2.33. The fraction of sp³-hybridized carbons (Fsp3) is 0.231. The summed E-state index contributed by atoms with van der Waals surface area (Å²) in [5, 5.41) is 8.50. The number of rotatable bonds is 1. The number of hydrogen-bond donors (Lipinski definition) is 0. The van der Waals surface area contributed by atoms with Crippen LogP contribution in [0.15, 0.2) is 36.4 Å². The summed E-state index contributed by atoms with van der Waals surface area (Å²) in [6.45, 7) is 1.84. The molecule has 0 atom stereocenters. The van der Waals surface area contributed by atoms with E-state index in [0.717, 1.165) is 25.2 Å². The third kappa shape index (κ3) is 2.11. The van der Waals surface area contributed by atoms with Crippen molar-refractivity contribution in [2.75, 3.05) is 11.4 Å². The molecule has 0 radical (unpaired) electrons. The van der Waals surface area contributed by atoms with Gasteiger partial charge in [0.05, 0.1) is 5.69 Å². The van der Waals surface area contributed by atoms with E-state index < -0.39 is 0 Å². The van der Waals surface area contributed by atoms with Gasteiger partial charge in [0.1, 0.15) is 0 Å². The molecule has 0 bridgehead atoms. The van der Waals surface area contributed by atoms with Crippen molar-refractivity contribution in [3.63, 3.8) is 0 Å². The van der Waals surface area contributed by atoms with Crippen LogP contribution in [-0.4, -0.2) is 16.7 Å². The SMILES string of the molecule is Clc1cc2c(nn1)CCN(c1ccccc1)C2.